The maximum absolute atomic E-state index is 12.7. The maximum atomic E-state index is 12.7. The third-order valence-corrected chi connectivity index (χ3v) is 5.33. The first-order valence-electron chi connectivity index (χ1n) is 8.45. The van der Waals surface area contributed by atoms with Crippen LogP contribution in [-0.2, 0) is 16.1 Å². The largest absolute Gasteiger partial charge is 0.508 e. The minimum absolute atomic E-state index is 0.0155. The summed E-state index contributed by atoms with van der Waals surface area (Å²) in [4.78, 5) is 29.6. The molecule has 0 saturated carbocycles. The number of amides is 2. The number of carbonyl (C=O) groups excluding carboxylic acids is 2. The molecule has 5 nitrogen and oxygen atoms in total. The van der Waals surface area contributed by atoms with Crippen LogP contribution in [0.2, 0.25) is 0 Å². The molecule has 0 unspecified atom stereocenters. The van der Waals surface area contributed by atoms with Gasteiger partial charge in [0.25, 0.3) is 0 Å². The molecule has 3 rings (SSSR count). The monoisotopic (exact) mass is 370 g/mol. The van der Waals surface area contributed by atoms with Gasteiger partial charge in [-0.1, -0.05) is 12.1 Å². The number of thioether (sulfide) groups is 1. The van der Waals surface area contributed by atoms with Crippen molar-refractivity contribution in [3.63, 3.8) is 0 Å². The average molecular weight is 370 g/mol. The molecule has 1 atom stereocenters. The second-order valence-electron chi connectivity index (χ2n) is 6.46. The minimum Gasteiger partial charge on any atom is -0.508 e. The van der Waals surface area contributed by atoms with Gasteiger partial charge in [0.15, 0.2) is 0 Å². The van der Waals surface area contributed by atoms with E-state index >= 15 is 0 Å². The molecule has 0 aliphatic carbocycles. The topological polar surface area (TPSA) is 60.9 Å². The maximum Gasteiger partial charge on any atom is 0.228 e. The molecule has 136 valence electrons. The summed E-state index contributed by atoms with van der Waals surface area (Å²) >= 11 is 1.65. The fraction of sp³-hybridized carbons (Fsp3) is 0.300. The zero-order valence-electron chi connectivity index (χ0n) is 14.9. The lowest BCUT2D eigenvalue weighted by atomic mass is 10.1. The molecule has 1 fully saturated rings. The van der Waals surface area contributed by atoms with Crippen LogP contribution in [0, 0.1) is 5.92 Å². The highest BCUT2D eigenvalue weighted by Gasteiger charge is 2.36. The molecule has 1 aliphatic heterocycles. The van der Waals surface area contributed by atoms with Gasteiger partial charge in [-0.25, -0.2) is 0 Å². The minimum atomic E-state index is -0.329. The van der Waals surface area contributed by atoms with E-state index in [0.29, 0.717) is 13.1 Å². The molecular formula is C20H22N2O3S. The summed E-state index contributed by atoms with van der Waals surface area (Å²) in [5.41, 5.74) is 1.77. The van der Waals surface area contributed by atoms with Gasteiger partial charge in [-0.2, -0.15) is 0 Å². The first-order valence-corrected chi connectivity index (χ1v) is 9.67. The van der Waals surface area contributed by atoms with Crippen molar-refractivity contribution in [2.24, 2.45) is 5.92 Å². The smallest absolute Gasteiger partial charge is 0.228 e. The molecule has 2 aromatic rings. The Bertz CT molecular complexity index is 790. The number of nitrogens with zero attached hydrogens (tertiary/aromatic N) is 2. The Morgan fingerprint density at radius 3 is 2.46 bits per heavy atom. The molecular weight excluding hydrogens is 348 g/mol. The van der Waals surface area contributed by atoms with Gasteiger partial charge >= 0.3 is 0 Å². The number of aromatic hydroxyl groups is 1. The van der Waals surface area contributed by atoms with E-state index in [-0.39, 0.29) is 29.9 Å². The molecule has 2 amide bonds. The first kappa shape index (κ1) is 18.3. The van der Waals surface area contributed by atoms with E-state index < -0.39 is 0 Å². The Morgan fingerprint density at radius 1 is 1.19 bits per heavy atom. The molecule has 26 heavy (non-hydrogen) atoms. The molecule has 2 aromatic carbocycles. The number of phenolic OH excluding ortho intramolecular Hbond substituents is 1. The zero-order chi connectivity index (χ0) is 18.7. The quantitative estimate of drug-likeness (QED) is 0.822. The van der Waals surface area contributed by atoms with Crippen LogP contribution in [0.4, 0.5) is 5.69 Å². The molecule has 0 aromatic heterocycles. The summed E-state index contributed by atoms with van der Waals surface area (Å²) in [5.74, 6) is -0.176. The zero-order valence-corrected chi connectivity index (χ0v) is 15.7. The van der Waals surface area contributed by atoms with E-state index in [2.05, 4.69) is 0 Å². The van der Waals surface area contributed by atoms with Crippen LogP contribution >= 0.6 is 11.8 Å². The Labute approximate surface area is 157 Å². The summed E-state index contributed by atoms with van der Waals surface area (Å²) in [7, 11) is 1.75. The molecule has 1 saturated heterocycles. The predicted molar refractivity (Wildman–Crippen MR) is 103 cm³/mol. The van der Waals surface area contributed by atoms with Crippen LogP contribution in [0.1, 0.15) is 12.0 Å². The van der Waals surface area contributed by atoms with E-state index in [0.717, 1.165) is 16.1 Å². The number of hydrogen-bond donors (Lipinski definition) is 1. The predicted octanol–water partition coefficient (Wildman–Crippen LogP) is 3.13. The van der Waals surface area contributed by atoms with Gasteiger partial charge in [0.1, 0.15) is 5.75 Å². The van der Waals surface area contributed by atoms with Crippen LogP contribution in [0.5, 0.6) is 5.75 Å². The number of anilines is 1. The normalized spacial score (nSPS) is 16.8. The van der Waals surface area contributed by atoms with Gasteiger partial charge < -0.3 is 14.9 Å². The second-order valence-corrected chi connectivity index (χ2v) is 7.34. The van der Waals surface area contributed by atoms with Gasteiger partial charge in [0.05, 0.1) is 5.92 Å². The van der Waals surface area contributed by atoms with E-state index in [1.807, 2.05) is 30.5 Å². The number of hydrogen-bond acceptors (Lipinski definition) is 4. The molecule has 1 N–H and O–H groups in total. The summed E-state index contributed by atoms with van der Waals surface area (Å²) in [6, 6.07) is 14.6. The van der Waals surface area contributed by atoms with Crippen molar-refractivity contribution in [2.45, 2.75) is 17.9 Å². The molecule has 1 aliphatic rings. The van der Waals surface area contributed by atoms with Crippen molar-refractivity contribution in [1.29, 1.82) is 0 Å². The van der Waals surface area contributed by atoms with Gasteiger partial charge in [-0.3, -0.25) is 9.59 Å². The number of benzene rings is 2. The Balaban J connectivity index is 1.64. The fourth-order valence-corrected chi connectivity index (χ4v) is 3.56. The Hall–Kier alpha value is -2.47. The molecule has 0 spiro atoms. The standard InChI is InChI=1S/C20H22N2O3S/c1-21(12-14-3-7-17(23)8-4-14)20(25)15-11-19(24)22(13-15)16-5-9-18(26-2)10-6-16/h3-10,15,23H,11-13H2,1-2H3/t15-/m1/s1. The van der Waals surface area contributed by atoms with Crippen LogP contribution in [0.15, 0.2) is 53.4 Å². The van der Waals surface area contributed by atoms with Crippen molar-refractivity contribution in [3.05, 3.63) is 54.1 Å². The SMILES string of the molecule is CSc1ccc(N2C[C@H](C(=O)N(C)Cc3ccc(O)cc3)CC2=O)cc1. The summed E-state index contributed by atoms with van der Waals surface area (Å²) < 4.78 is 0. The average Bonchev–Trinajstić information content (AvgIpc) is 3.04. The third kappa shape index (κ3) is 4.02. The lowest BCUT2D eigenvalue weighted by Crippen LogP contribution is -2.34. The van der Waals surface area contributed by atoms with Crippen LogP contribution in [0.25, 0.3) is 0 Å². The van der Waals surface area contributed by atoms with E-state index in [4.69, 9.17) is 0 Å². The number of carbonyl (C=O) groups is 2. The van der Waals surface area contributed by atoms with Crippen molar-refractivity contribution in [1.82, 2.24) is 4.90 Å². The highest BCUT2D eigenvalue weighted by molar-refractivity contribution is 7.98. The van der Waals surface area contributed by atoms with Gasteiger partial charge in [0, 0.05) is 37.1 Å². The fourth-order valence-electron chi connectivity index (χ4n) is 3.15. The van der Waals surface area contributed by atoms with Crippen molar-refractivity contribution < 1.29 is 14.7 Å². The van der Waals surface area contributed by atoms with E-state index in [9.17, 15) is 14.7 Å². The first-order chi connectivity index (χ1) is 12.5. The van der Waals surface area contributed by atoms with Crippen molar-refractivity contribution >= 4 is 29.3 Å². The van der Waals surface area contributed by atoms with Crippen molar-refractivity contribution in [2.75, 3.05) is 24.7 Å². The lowest BCUT2D eigenvalue weighted by Gasteiger charge is -2.21. The summed E-state index contributed by atoms with van der Waals surface area (Å²) in [6.45, 7) is 0.864. The molecule has 1 heterocycles. The molecule has 0 bridgehead atoms. The van der Waals surface area contributed by atoms with Gasteiger partial charge in [-0.05, 0) is 48.2 Å². The van der Waals surface area contributed by atoms with Gasteiger partial charge in [0.2, 0.25) is 11.8 Å². The van der Waals surface area contributed by atoms with E-state index in [1.54, 1.807) is 52.9 Å². The number of phenols is 1. The lowest BCUT2D eigenvalue weighted by molar-refractivity contribution is -0.135. The Kier molecular flexibility index (Phi) is 5.52. The van der Waals surface area contributed by atoms with Crippen LogP contribution in [-0.4, -0.2) is 41.7 Å². The van der Waals surface area contributed by atoms with Crippen LogP contribution in [0.3, 0.4) is 0 Å². The van der Waals surface area contributed by atoms with Crippen molar-refractivity contribution in [3.8, 4) is 5.75 Å². The molecule has 0 radical (unpaired) electrons. The van der Waals surface area contributed by atoms with Gasteiger partial charge in [-0.15, -0.1) is 11.8 Å². The van der Waals surface area contributed by atoms with E-state index in [1.165, 1.54) is 0 Å². The summed E-state index contributed by atoms with van der Waals surface area (Å²) in [5, 5.41) is 9.35. The molecule has 6 heteroatoms. The highest BCUT2D eigenvalue weighted by atomic mass is 32.2. The highest BCUT2D eigenvalue weighted by Crippen LogP contribution is 2.28. The third-order valence-electron chi connectivity index (χ3n) is 4.59. The van der Waals surface area contributed by atoms with Crippen LogP contribution < -0.4 is 4.90 Å². The summed E-state index contributed by atoms with van der Waals surface area (Å²) in [6.07, 6.45) is 2.25. The Morgan fingerprint density at radius 2 is 1.85 bits per heavy atom. The number of rotatable bonds is 5. The second kappa shape index (κ2) is 7.83.